The van der Waals surface area contributed by atoms with Crippen LogP contribution in [0.15, 0.2) is 42.9 Å². The molecule has 3 aromatic heterocycles. The van der Waals surface area contributed by atoms with E-state index >= 15 is 0 Å². The van der Waals surface area contributed by atoms with Gasteiger partial charge in [0.2, 0.25) is 5.82 Å². The van der Waals surface area contributed by atoms with Crippen LogP contribution in [0.4, 0.5) is 0 Å². The van der Waals surface area contributed by atoms with Gasteiger partial charge in [0.1, 0.15) is 5.69 Å². The zero-order valence-corrected chi connectivity index (χ0v) is 14.7. The molecule has 1 N–H and O–H groups in total. The maximum atomic E-state index is 12.5. The summed E-state index contributed by atoms with van der Waals surface area (Å²) in [4.78, 5) is 25.4. The Kier molecular flexibility index (Phi) is 4.31. The van der Waals surface area contributed by atoms with Crippen molar-refractivity contribution in [3.8, 4) is 17.2 Å². The number of carbonyl (C=O) groups excluding carboxylic acids is 1. The van der Waals surface area contributed by atoms with Gasteiger partial charge in [-0.05, 0) is 51.5 Å². The van der Waals surface area contributed by atoms with Crippen LogP contribution < -0.4 is 5.32 Å². The van der Waals surface area contributed by atoms with Crippen molar-refractivity contribution in [1.29, 1.82) is 0 Å². The molecule has 0 bridgehead atoms. The van der Waals surface area contributed by atoms with Crippen molar-refractivity contribution in [2.24, 2.45) is 0 Å². The van der Waals surface area contributed by atoms with Crippen molar-refractivity contribution in [2.75, 3.05) is 0 Å². The first kappa shape index (κ1) is 16.8. The Hall–Kier alpha value is -3.09. The lowest BCUT2D eigenvalue weighted by molar-refractivity contribution is 0.0909. The monoisotopic (exact) mass is 336 g/mol. The van der Waals surface area contributed by atoms with E-state index in [9.17, 15) is 4.79 Å². The second-order valence-electron chi connectivity index (χ2n) is 6.81. The molecule has 0 fully saturated rings. The van der Waals surface area contributed by atoms with Gasteiger partial charge in [-0.25, -0.2) is 9.67 Å². The Morgan fingerprint density at radius 3 is 2.56 bits per heavy atom. The zero-order valence-electron chi connectivity index (χ0n) is 14.7. The summed E-state index contributed by atoms with van der Waals surface area (Å²) >= 11 is 0. The van der Waals surface area contributed by atoms with Crippen molar-refractivity contribution in [3.63, 3.8) is 0 Å². The molecule has 25 heavy (non-hydrogen) atoms. The molecule has 0 saturated carbocycles. The van der Waals surface area contributed by atoms with Crippen molar-refractivity contribution in [1.82, 2.24) is 30.0 Å². The lowest BCUT2D eigenvalue weighted by Crippen LogP contribution is -2.41. The number of pyridine rings is 2. The van der Waals surface area contributed by atoms with E-state index in [2.05, 4.69) is 25.4 Å². The van der Waals surface area contributed by atoms with E-state index in [4.69, 9.17) is 0 Å². The predicted octanol–water partition coefficient (Wildman–Crippen LogP) is 2.56. The molecular formula is C18H20N6O. The largest absolute Gasteiger partial charge is 0.345 e. The van der Waals surface area contributed by atoms with Crippen molar-refractivity contribution >= 4 is 5.91 Å². The number of aryl methyl sites for hydroxylation is 1. The van der Waals surface area contributed by atoms with Crippen LogP contribution in [0, 0.1) is 6.92 Å². The summed E-state index contributed by atoms with van der Waals surface area (Å²) in [6.07, 6.45) is 5.10. The Morgan fingerprint density at radius 1 is 1.16 bits per heavy atom. The quantitative estimate of drug-likeness (QED) is 0.794. The number of nitrogens with zero attached hydrogens (tertiary/aromatic N) is 5. The molecule has 0 spiro atoms. The molecule has 0 atom stereocenters. The lowest BCUT2D eigenvalue weighted by Gasteiger charge is -2.18. The third-order valence-electron chi connectivity index (χ3n) is 3.33. The highest BCUT2D eigenvalue weighted by Gasteiger charge is 2.22. The van der Waals surface area contributed by atoms with E-state index in [0.29, 0.717) is 17.2 Å². The van der Waals surface area contributed by atoms with Gasteiger partial charge in [-0.1, -0.05) is 6.07 Å². The standard InChI is InChI=1S/C18H20N6O/c1-12-7-8-14(20-10-12)16-21-15(17(25)22-18(2,3)4)23-24(16)13-6-5-9-19-11-13/h5-11H,1-4H3,(H,22,25). The number of nitrogens with one attached hydrogen (secondary N) is 1. The normalized spacial score (nSPS) is 11.4. The predicted molar refractivity (Wildman–Crippen MR) is 94.3 cm³/mol. The van der Waals surface area contributed by atoms with E-state index in [-0.39, 0.29) is 17.3 Å². The highest BCUT2D eigenvalue weighted by atomic mass is 16.2. The van der Waals surface area contributed by atoms with Gasteiger partial charge in [0, 0.05) is 17.9 Å². The highest BCUT2D eigenvalue weighted by Crippen LogP contribution is 2.19. The summed E-state index contributed by atoms with van der Waals surface area (Å²) in [5.74, 6) is 0.256. The Bertz CT molecular complexity index is 878. The SMILES string of the molecule is Cc1ccc(-c2nc(C(=O)NC(C)(C)C)nn2-c2cccnc2)nc1. The van der Waals surface area contributed by atoms with Gasteiger partial charge in [-0.15, -0.1) is 5.10 Å². The van der Waals surface area contributed by atoms with Gasteiger partial charge in [0.05, 0.1) is 11.9 Å². The summed E-state index contributed by atoms with van der Waals surface area (Å²) in [6.45, 7) is 7.69. The average molecular weight is 336 g/mol. The minimum atomic E-state index is -0.376. The maximum Gasteiger partial charge on any atom is 0.291 e. The second kappa shape index (κ2) is 6.43. The number of aromatic nitrogens is 5. The molecule has 3 heterocycles. The average Bonchev–Trinajstić information content (AvgIpc) is 3.00. The maximum absolute atomic E-state index is 12.5. The molecule has 0 aromatic carbocycles. The summed E-state index contributed by atoms with van der Waals surface area (Å²) < 4.78 is 1.59. The number of hydrogen-bond acceptors (Lipinski definition) is 5. The van der Waals surface area contributed by atoms with Crippen LogP contribution in [0.5, 0.6) is 0 Å². The molecule has 1 amide bonds. The minimum absolute atomic E-state index is 0.0937. The molecule has 7 nitrogen and oxygen atoms in total. The Balaban J connectivity index is 2.09. The summed E-state index contributed by atoms with van der Waals surface area (Å²) in [5, 5.41) is 7.25. The molecule has 0 aliphatic heterocycles. The highest BCUT2D eigenvalue weighted by molar-refractivity contribution is 5.91. The Labute approximate surface area is 146 Å². The fraction of sp³-hybridized carbons (Fsp3) is 0.278. The summed E-state index contributed by atoms with van der Waals surface area (Å²) in [7, 11) is 0. The first-order chi connectivity index (χ1) is 11.8. The first-order valence-electron chi connectivity index (χ1n) is 7.96. The fourth-order valence-corrected chi connectivity index (χ4v) is 2.23. The van der Waals surface area contributed by atoms with Gasteiger partial charge < -0.3 is 5.32 Å². The van der Waals surface area contributed by atoms with E-state index in [1.54, 1.807) is 29.3 Å². The molecule has 128 valence electrons. The molecular weight excluding hydrogens is 316 g/mol. The summed E-state index contributed by atoms with van der Waals surface area (Å²) in [6, 6.07) is 7.46. The van der Waals surface area contributed by atoms with Crippen LogP contribution >= 0.6 is 0 Å². The van der Waals surface area contributed by atoms with E-state index < -0.39 is 0 Å². The molecule has 3 aromatic rings. The molecule has 7 heteroatoms. The van der Waals surface area contributed by atoms with E-state index in [0.717, 1.165) is 5.56 Å². The number of amides is 1. The molecule has 0 unspecified atom stereocenters. The Morgan fingerprint density at radius 2 is 1.96 bits per heavy atom. The van der Waals surface area contributed by atoms with Crippen LogP contribution in [0.1, 0.15) is 37.0 Å². The van der Waals surface area contributed by atoms with Crippen molar-refractivity contribution in [3.05, 3.63) is 54.2 Å². The van der Waals surface area contributed by atoms with Gasteiger partial charge in [-0.2, -0.15) is 0 Å². The van der Waals surface area contributed by atoms with E-state index in [1.165, 1.54) is 0 Å². The van der Waals surface area contributed by atoms with Crippen LogP contribution in [-0.4, -0.2) is 36.2 Å². The molecule has 0 radical (unpaired) electrons. The first-order valence-corrected chi connectivity index (χ1v) is 7.96. The van der Waals surface area contributed by atoms with Gasteiger partial charge in [0.25, 0.3) is 5.91 Å². The van der Waals surface area contributed by atoms with Crippen LogP contribution in [0.3, 0.4) is 0 Å². The van der Waals surface area contributed by atoms with Gasteiger partial charge >= 0.3 is 0 Å². The fourth-order valence-electron chi connectivity index (χ4n) is 2.23. The third kappa shape index (κ3) is 3.88. The lowest BCUT2D eigenvalue weighted by atomic mass is 10.1. The van der Waals surface area contributed by atoms with Gasteiger partial charge in [-0.3, -0.25) is 14.8 Å². The smallest absolute Gasteiger partial charge is 0.291 e. The molecule has 3 rings (SSSR count). The van der Waals surface area contributed by atoms with E-state index in [1.807, 2.05) is 45.9 Å². The van der Waals surface area contributed by atoms with Crippen LogP contribution in [0.25, 0.3) is 17.2 Å². The third-order valence-corrected chi connectivity index (χ3v) is 3.33. The van der Waals surface area contributed by atoms with Crippen LogP contribution in [0.2, 0.25) is 0 Å². The van der Waals surface area contributed by atoms with Gasteiger partial charge in [0.15, 0.2) is 5.82 Å². The molecule has 0 saturated heterocycles. The topological polar surface area (TPSA) is 85.6 Å². The number of carbonyl (C=O) groups is 1. The van der Waals surface area contributed by atoms with Crippen molar-refractivity contribution < 1.29 is 4.79 Å². The number of rotatable bonds is 3. The molecule has 0 aliphatic carbocycles. The molecule has 0 aliphatic rings. The van der Waals surface area contributed by atoms with Crippen LogP contribution in [-0.2, 0) is 0 Å². The minimum Gasteiger partial charge on any atom is -0.345 e. The summed E-state index contributed by atoms with van der Waals surface area (Å²) in [5.41, 5.74) is 2.01. The zero-order chi connectivity index (χ0) is 18.0. The number of hydrogen-bond donors (Lipinski definition) is 1. The second-order valence-corrected chi connectivity index (χ2v) is 6.81. The van der Waals surface area contributed by atoms with Crippen molar-refractivity contribution in [2.45, 2.75) is 33.2 Å².